The maximum atomic E-state index is 12.4. The summed E-state index contributed by atoms with van der Waals surface area (Å²) in [5.74, 6) is 1.41. The monoisotopic (exact) mass is 1030 g/mol. The van der Waals surface area contributed by atoms with E-state index in [2.05, 4.69) is 165 Å². The fraction of sp³-hybridized carbons (Fsp3) is 0.143. The van der Waals surface area contributed by atoms with Crippen LogP contribution in [0.3, 0.4) is 0 Å². The third-order valence-corrected chi connectivity index (χ3v) is 11.2. The first-order valence-corrected chi connectivity index (χ1v) is 20.9. The third kappa shape index (κ3) is 8.68. The van der Waals surface area contributed by atoms with Crippen LogP contribution in [0, 0.1) is 19.0 Å². The van der Waals surface area contributed by atoms with Crippen LogP contribution in [-0.2, 0) is 26.3 Å². The van der Waals surface area contributed by atoms with E-state index < -0.39 is 18.6 Å². The van der Waals surface area contributed by atoms with Gasteiger partial charge in [-0.25, -0.2) is 0 Å². The Morgan fingerprint density at radius 3 is 1.95 bits per heavy atom. The molecule has 3 heterocycles. The number of halogens is 3. The molecule has 0 fully saturated rings. The van der Waals surface area contributed by atoms with Crippen LogP contribution in [0.2, 0.25) is 0 Å². The molecule has 0 unspecified atom stereocenters. The van der Waals surface area contributed by atoms with E-state index in [9.17, 15) is 13.2 Å². The number of aryl methyl sites for hydroxylation is 1. The first-order chi connectivity index (χ1) is 31.7. The molecule has 0 amide bonds. The van der Waals surface area contributed by atoms with Gasteiger partial charge in [-0.1, -0.05) is 136 Å². The fourth-order valence-corrected chi connectivity index (χ4v) is 8.07. The van der Waals surface area contributed by atoms with Crippen molar-refractivity contribution in [3.63, 3.8) is 0 Å². The number of alkyl halides is 3. The van der Waals surface area contributed by atoms with Crippen molar-refractivity contribution < 1.29 is 41.8 Å². The van der Waals surface area contributed by atoms with Crippen LogP contribution in [0.1, 0.15) is 65.9 Å². The van der Waals surface area contributed by atoms with E-state index in [1.54, 1.807) is 0 Å². The second-order valence-electron chi connectivity index (χ2n) is 16.1. The Kier molecular flexibility index (Phi) is 11.5. The number of furan rings is 1. The number of hydrogen-bond acceptors (Lipinski definition) is 3. The minimum atomic E-state index is -4.41. The van der Waals surface area contributed by atoms with Crippen LogP contribution in [0.25, 0.3) is 83.6 Å². The predicted molar refractivity (Wildman–Crippen MR) is 250 cm³/mol. The summed E-state index contributed by atoms with van der Waals surface area (Å²) in [6.45, 7) is 6.88. The van der Waals surface area contributed by atoms with E-state index >= 15 is 0 Å². The van der Waals surface area contributed by atoms with E-state index in [1.165, 1.54) is 57.9 Å². The van der Waals surface area contributed by atoms with Crippen molar-refractivity contribution in [3.8, 4) is 50.6 Å². The van der Waals surface area contributed by atoms with Crippen LogP contribution in [-0.4, -0.2) is 14.5 Å². The van der Waals surface area contributed by atoms with E-state index in [4.69, 9.17) is 13.5 Å². The number of fused-ring (bicyclic) bond motifs is 4. The van der Waals surface area contributed by atoms with Crippen molar-refractivity contribution in [1.29, 1.82) is 0 Å². The van der Waals surface area contributed by atoms with Crippen LogP contribution >= 0.6 is 0 Å². The van der Waals surface area contributed by atoms with Crippen molar-refractivity contribution in [1.82, 2.24) is 14.5 Å². The largest absolute Gasteiger partial charge is 0.501 e. The molecule has 0 aliphatic carbocycles. The van der Waals surface area contributed by atoms with E-state index in [0.29, 0.717) is 11.3 Å². The Labute approximate surface area is 389 Å². The molecule has 0 N–H and O–H groups in total. The minimum absolute atomic E-state index is 0. The summed E-state index contributed by atoms with van der Waals surface area (Å²) in [5.41, 5.74) is 13.1. The average molecular weight is 1030 g/mol. The van der Waals surface area contributed by atoms with E-state index in [0.717, 1.165) is 62.1 Å². The first kappa shape index (κ1) is 40.2. The van der Waals surface area contributed by atoms with Crippen LogP contribution < -0.4 is 0 Å². The normalized spacial score (nSPS) is 12.5. The molecular formula is C56H44F3IrN3O-2. The quantitative estimate of drug-likeness (QED) is 0.149. The number of hydrogen-bond donors (Lipinski definition) is 0. The predicted octanol–water partition coefficient (Wildman–Crippen LogP) is 15.8. The molecule has 7 aromatic carbocycles. The third-order valence-electron chi connectivity index (χ3n) is 11.2. The number of rotatable bonds is 7. The summed E-state index contributed by atoms with van der Waals surface area (Å²) in [6.07, 6.45) is -3.22. The zero-order valence-corrected chi connectivity index (χ0v) is 37.9. The standard InChI is InChI=1S/C43H35N2O.C13H9F3N.Ir/c1-27(2)36-24-32(30-16-9-6-10-17-30)25-37(28(3)4)41(36)45-39-21-12-11-20-38(39)44-43(45)35-19-13-18-34-33-23-22-31(26-40(33)46-42(34)35)29-14-7-5-8-15-29;1-9-2-7-12(17-8-9)10-3-5-11(6-4-10)13(14,15)16;/h5-18,20-28H,1-4H3;2-3,5-8H,1H3;/q2*-1;/i;1D3;. The van der Waals surface area contributed by atoms with Crippen LogP contribution in [0.15, 0.2) is 168 Å². The van der Waals surface area contributed by atoms with Gasteiger partial charge in [0.2, 0.25) is 0 Å². The molecule has 10 aromatic rings. The topological polar surface area (TPSA) is 43.9 Å². The van der Waals surface area contributed by atoms with Gasteiger partial charge in [0.25, 0.3) is 0 Å². The average Bonchev–Trinajstić information content (AvgIpc) is 3.90. The molecule has 8 heteroatoms. The molecule has 0 spiro atoms. The smallest absolute Gasteiger partial charge is 0.381 e. The molecule has 4 nitrogen and oxygen atoms in total. The molecule has 0 atom stereocenters. The summed E-state index contributed by atoms with van der Waals surface area (Å²) in [7, 11) is 0. The number of benzene rings is 7. The van der Waals surface area contributed by atoms with Crippen molar-refractivity contribution in [2.45, 2.75) is 52.6 Å². The fourth-order valence-electron chi connectivity index (χ4n) is 8.07. The van der Waals surface area contributed by atoms with Gasteiger partial charge < -0.3 is 14.0 Å². The van der Waals surface area contributed by atoms with Crippen LogP contribution in [0.5, 0.6) is 0 Å². The molecule has 10 rings (SSSR count). The number of pyridine rings is 1. The van der Waals surface area contributed by atoms with E-state index in [1.807, 2.05) is 12.1 Å². The molecule has 0 saturated heterocycles. The van der Waals surface area contributed by atoms with Gasteiger partial charge in [-0.3, -0.25) is 4.98 Å². The van der Waals surface area contributed by atoms with Gasteiger partial charge in [0.05, 0.1) is 22.4 Å². The molecular weight excluding hydrogens is 980 g/mol. The van der Waals surface area contributed by atoms with Crippen molar-refractivity contribution >= 4 is 33.0 Å². The minimum Gasteiger partial charge on any atom is -0.501 e. The zero-order chi connectivity index (χ0) is 46.3. The Morgan fingerprint density at radius 2 is 1.34 bits per heavy atom. The van der Waals surface area contributed by atoms with Crippen molar-refractivity contribution in [2.24, 2.45) is 0 Å². The van der Waals surface area contributed by atoms with Gasteiger partial charge in [-0.05, 0) is 99.2 Å². The summed E-state index contributed by atoms with van der Waals surface area (Å²) in [5, 5.41) is 2.15. The number of nitrogens with zero attached hydrogens (tertiary/aromatic N) is 3. The molecule has 0 bridgehead atoms. The molecule has 3 aromatic heterocycles. The van der Waals surface area contributed by atoms with Gasteiger partial charge in [0, 0.05) is 41.5 Å². The van der Waals surface area contributed by atoms with Gasteiger partial charge in [-0.15, -0.1) is 48.0 Å². The summed E-state index contributed by atoms with van der Waals surface area (Å²) < 4.78 is 67.9. The van der Waals surface area contributed by atoms with Gasteiger partial charge in [0.1, 0.15) is 5.58 Å². The van der Waals surface area contributed by atoms with Crippen molar-refractivity contribution in [2.75, 3.05) is 0 Å². The molecule has 0 saturated carbocycles. The molecule has 1 radical (unpaired) electrons. The molecule has 64 heavy (non-hydrogen) atoms. The van der Waals surface area contributed by atoms with Crippen LogP contribution in [0.4, 0.5) is 13.2 Å². The first-order valence-electron chi connectivity index (χ1n) is 22.4. The van der Waals surface area contributed by atoms with E-state index in [-0.39, 0.29) is 37.5 Å². The maximum Gasteiger partial charge on any atom is 0.381 e. The summed E-state index contributed by atoms with van der Waals surface area (Å²) >= 11 is 0. The number of para-hydroxylation sites is 2. The summed E-state index contributed by atoms with van der Waals surface area (Å²) in [4.78, 5) is 9.23. The second-order valence-corrected chi connectivity index (χ2v) is 16.1. The molecule has 0 aliphatic rings. The maximum absolute atomic E-state index is 12.4. The Hall–Kier alpha value is -6.60. The Balaban J connectivity index is 0.000000244. The number of aromatic nitrogens is 3. The Morgan fingerprint density at radius 1 is 0.672 bits per heavy atom. The summed E-state index contributed by atoms with van der Waals surface area (Å²) in [6, 6.07) is 56.8. The van der Waals surface area contributed by atoms with Gasteiger partial charge in [0.15, 0.2) is 0 Å². The van der Waals surface area contributed by atoms with Gasteiger partial charge >= 0.3 is 6.18 Å². The second kappa shape index (κ2) is 18.2. The SMILES string of the molecule is CC(C)c1cc(-c2ccccc2)cc(C(C)C)c1-n1c(-c2[c-]ccc3c2oc2cc(-c4ccccc4)ccc23)nc2ccccc21.[2H]C([2H])([2H])c1ccc(-c2[c-]cc(C(F)(F)F)cc2)nc1.[Ir]. The van der Waals surface area contributed by atoms with Crippen molar-refractivity contribution in [3.05, 3.63) is 198 Å². The number of imidazole rings is 1. The molecule has 0 aliphatic heterocycles. The molecule has 321 valence electrons. The Bertz CT molecular complexity index is 3240. The van der Waals surface area contributed by atoms with Gasteiger partial charge in [-0.2, -0.15) is 13.2 Å². The zero-order valence-electron chi connectivity index (χ0n) is 38.5.